The van der Waals surface area contributed by atoms with Crippen molar-refractivity contribution in [1.82, 2.24) is 0 Å². The standard InChI is InChI=1S/C20H15FO3/c21-18-8-4-3-7-16(18)12-20(23)24-13-19(22)17-10-9-14-5-1-2-6-15(14)11-17/h1-11H,12-13H2. The molecule has 0 saturated heterocycles. The number of benzene rings is 3. The molecule has 0 aliphatic heterocycles. The Bertz CT molecular complexity index is 902. The van der Waals surface area contributed by atoms with Gasteiger partial charge in [-0.25, -0.2) is 4.39 Å². The summed E-state index contributed by atoms with van der Waals surface area (Å²) in [6, 6.07) is 19.0. The molecule has 0 saturated carbocycles. The van der Waals surface area contributed by atoms with E-state index in [-0.39, 0.29) is 24.4 Å². The molecule has 0 amide bonds. The van der Waals surface area contributed by atoms with E-state index in [9.17, 15) is 14.0 Å². The van der Waals surface area contributed by atoms with Gasteiger partial charge >= 0.3 is 5.97 Å². The van der Waals surface area contributed by atoms with Gasteiger partial charge in [0.05, 0.1) is 6.42 Å². The summed E-state index contributed by atoms with van der Waals surface area (Å²) in [5, 5.41) is 1.98. The second-order valence-electron chi connectivity index (χ2n) is 5.41. The number of esters is 1. The normalized spacial score (nSPS) is 10.5. The topological polar surface area (TPSA) is 43.4 Å². The summed E-state index contributed by atoms with van der Waals surface area (Å²) in [7, 11) is 0. The van der Waals surface area contributed by atoms with Crippen LogP contribution in [0.3, 0.4) is 0 Å². The first-order valence-electron chi connectivity index (χ1n) is 7.54. The van der Waals surface area contributed by atoms with Crippen LogP contribution in [0, 0.1) is 5.82 Å². The monoisotopic (exact) mass is 322 g/mol. The number of ether oxygens (including phenoxy) is 1. The number of carbonyl (C=O) groups is 2. The van der Waals surface area contributed by atoms with Crippen molar-refractivity contribution in [3.63, 3.8) is 0 Å². The van der Waals surface area contributed by atoms with Crippen LogP contribution in [0.1, 0.15) is 15.9 Å². The zero-order valence-electron chi connectivity index (χ0n) is 12.9. The highest BCUT2D eigenvalue weighted by Gasteiger charge is 2.12. The molecule has 3 nitrogen and oxygen atoms in total. The van der Waals surface area contributed by atoms with Gasteiger partial charge in [-0.15, -0.1) is 0 Å². The highest BCUT2D eigenvalue weighted by Crippen LogP contribution is 2.16. The van der Waals surface area contributed by atoms with Crippen molar-refractivity contribution in [3.05, 3.63) is 83.7 Å². The fourth-order valence-electron chi connectivity index (χ4n) is 2.44. The molecule has 24 heavy (non-hydrogen) atoms. The maximum atomic E-state index is 13.5. The van der Waals surface area contributed by atoms with E-state index in [1.807, 2.05) is 30.3 Å². The number of Topliss-reactive ketones (excluding diaryl/α,β-unsaturated/α-hetero) is 1. The van der Waals surface area contributed by atoms with Crippen molar-refractivity contribution in [2.45, 2.75) is 6.42 Å². The van der Waals surface area contributed by atoms with Crippen LogP contribution >= 0.6 is 0 Å². The lowest BCUT2D eigenvalue weighted by molar-refractivity contribution is -0.141. The van der Waals surface area contributed by atoms with Gasteiger partial charge in [0.25, 0.3) is 0 Å². The van der Waals surface area contributed by atoms with Gasteiger partial charge in [-0.05, 0) is 28.5 Å². The van der Waals surface area contributed by atoms with E-state index in [2.05, 4.69) is 0 Å². The van der Waals surface area contributed by atoms with Crippen molar-refractivity contribution in [2.24, 2.45) is 0 Å². The SMILES string of the molecule is O=C(Cc1ccccc1F)OCC(=O)c1ccc2ccccc2c1. The molecule has 0 heterocycles. The zero-order valence-corrected chi connectivity index (χ0v) is 12.9. The molecule has 0 aliphatic rings. The van der Waals surface area contributed by atoms with Gasteiger partial charge in [0.1, 0.15) is 5.82 Å². The molecule has 4 heteroatoms. The minimum atomic E-state index is -0.630. The van der Waals surface area contributed by atoms with Crippen LogP contribution < -0.4 is 0 Å². The Morgan fingerprint density at radius 1 is 0.875 bits per heavy atom. The third kappa shape index (κ3) is 3.66. The van der Waals surface area contributed by atoms with Gasteiger partial charge in [-0.3, -0.25) is 9.59 Å². The first kappa shape index (κ1) is 15.9. The highest BCUT2D eigenvalue weighted by molar-refractivity contribution is 6.01. The smallest absolute Gasteiger partial charge is 0.310 e. The first-order chi connectivity index (χ1) is 11.6. The Balaban J connectivity index is 1.62. The van der Waals surface area contributed by atoms with Crippen LogP contribution in [0.4, 0.5) is 4.39 Å². The molecular formula is C20H15FO3. The van der Waals surface area contributed by atoms with Crippen LogP contribution in [0.25, 0.3) is 10.8 Å². The summed E-state index contributed by atoms with van der Waals surface area (Å²) >= 11 is 0. The average Bonchev–Trinajstić information content (AvgIpc) is 2.61. The van der Waals surface area contributed by atoms with E-state index in [0.29, 0.717) is 5.56 Å². The zero-order chi connectivity index (χ0) is 16.9. The van der Waals surface area contributed by atoms with Gasteiger partial charge in [-0.1, -0.05) is 54.6 Å². The Labute approximate surface area is 138 Å². The second kappa shape index (κ2) is 7.04. The maximum absolute atomic E-state index is 13.5. The summed E-state index contributed by atoms with van der Waals surface area (Å²) in [4.78, 5) is 23.9. The van der Waals surface area contributed by atoms with Crippen molar-refractivity contribution in [3.8, 4) is 0 Å². The molecule has 0 bridgehead atoms. The summed E-state index contributed by atoms with van der Waals surface area (Å²) < 4.78 is 18.5. The summed E-state index contributed by atoms with van der Waals surface area (Å²) in [6.07, 6.45) is -0.197. The van der Waals surface area contributed by atoms with Crippen molar-refractivity contribution < 1.29 is 18.7 Å². The van der Waals surface area contributed by atoms with Gasteiger partial charge in [-0.2, -0.15) is 0 Å². The molecule has 0 fully saturated rings. The number of carbonyl (C=O) groups excluding carboxylic acids is 2. The Hall–Kier alpha value is -3.01. The lowest BCUT2D eigenvalue weighted by atomic mass is 10.0. The van der Waals surface area contributed by atoms with Gasteiger partial charge in [0, 0.05) is 5.56 Å². The molecule has 0 unspecified atom stereocenters. The number of halogens is 1. The molecule has 3 aromatic carbocycles. The number of fused-ring (bicyclic) bond motifs is 1. The molecule has 0 radical (unpaired) electrons. The van der Waals surface area contributed by atoms with Crippen LogP contribution in [0.15, 0.2) is 66.7 Å². The lowest BCUT2D eigenvalue weighted by Crippen LogP contribution is -2.16. The molecular weight excluding hydrogens is 307 g/mol. The van der Waals surface area contributed by atoms with Crippen LogP contribution in [-0.4, -0.2) is 18.4 Å². The Morgan fingerprint density at radius 3 is 2.38 bits per heavy atom. The molecule has 3 aromatic rings. The van der Waals surface area contributed by atoms with Crippen molar-refractivity contribution in [2.75, 3.05) is 6.61 Å². The predicted octanol–water partition coefficient (Wildman–Crippen LogP) is 3.95. The van der Waals surface area contributed by atoms with Gasteiger partial charge in [0.15, 0.2) is 12.4 Å². The number of rotatable bonds is 5. The third-order valence-corrected chi connectivity index (χ3v) is 3.73. The van der Waals surface area contributed by atoms with Crippen molar-refractivity contribution in [1.29, 1.82) is 0 Å². The molecule has 120 valence electrons. The second-order valence-corrected chi connectivity index (χ2v) is 5.41. The van der Waals surface area contributed by atoms with Gasteiger partial charge < -0.3 is 4.74 Å². The highest BCUT2D eigenvalue weighted by atomic mass is 19.1. The minimum absolute atomic E-state index is 0.197. The minimum Gasteiger partial charge on any atom is -0.457 e. The average molecular weight is 322 g/mol. The van der Waals surface area contributed by atoms with E-state index < -0.39 is 11.8 Å². The predicted molar refractivity (Wildman–Crippen MR) is 89.3 cm³/mol. The summed E-state index contributed by atoms with van der Waals surface area (Å²) in [5.74, 6) is -1.38. The summed E-state index contributed by atoms with van der Waals surface area (Å²) in [6.45, 7) is -0.356. The maximum Gasteiger partial charge on any atom is 0.310 e. The van der Waals surface area contributed by atoms with Gasteiger partial charge in [0.2, 0.25) is 0 Å². The molecule has 0 atom stereocenters. The van der Waals surface area contributed by atoms with E-state index in [4.69, 9.17) is 4.74 Å². The molecule has 0 spiro atoms. The van der Waals surface area contributed by atoms with E-state index in [0.717, 1.165) is 10.8 Å². The summed E-state index contributed by atoms with van der Waals surface area (Å²) in [5.41, 5.74) is 0.730. The van der Waals surface area contributed by atoms with Crippen LogP contribution in [0.5, 0.6) is 0 Å². The van der Waals surface area contributed by atoms with E-state index in [1.165, 1.54) is 12.1 Å². The number of hydrogen-bond donors (Lipinski definition) is 0. The fourth-order valence-corrected chi connectivity index (χ4v) is 2.44. The lowest BCUT2D eigenvalue weighted by Gasteiger charge is -2.06. The van der Waals surface area contributed by atoms with E-state index in [1.54, 1.807) is 24.3 Å². The largest absolute Gasteiger partial charge is 0.457 e. The van der Waals surface area contributed by atoms with Crippen molar-refractivity contribution >= 4 is 22.5 Å². The molecule has 0 aromatic heterocycles. The Morgan fingerprint density at radius 2 is 1.58 bits per heavy atom. The number of hydrogen-bond acceptors (Lipinski definition) is 3. The fraction of sp³-hybridized carbons (Fsp3) is 0.100. The molecule has 3 rings (SSSR count). The van der Waals surface area contributed by atoms with Crippen LogP contribution in [0.2, 0.25) is 0 Å². The quantitative estimate of drug-likeness (QED) is 0.528. The molecule has 0 N–H and O–H groups in total. The third-order valence-electron chi connectivity index (χ3n) is 3.73. The molecule has 0 aliphatic carbocycles. The van der Waals surface area contributed by atoms with E-state index >= 15 is 0 Å². The van der Waals surface area contributed by atoms with Crippen LogP contribution in [-0.2, 0) is 16.0 Å². The first-order valence-corrected chi connectivity index (χ1v) is 7.54. The Kier molecular flexibility index (Phi) is 4.66. The number of ketones is 1.